The first kappa shape index (κ1) is 24.9. The summed E-state index contributed by atoms with van der Waals surface area (Å²) in [4.78, 5) is 19.0. The van der Waals surface area contributed by atoms with Gasteiger partial charge in [-0.25, -0.2) is 0 Å². The first-order valence-corrected chi connectivity index (χ1v) is 11.0. The Kier molecular flexibility index (Phi) is 10.4. The van der Waals surface area contributed by atoms with Crippen molar-refractivity contribution in [2.45, 2.75) is 71.2 Å². The highest BCUT2D eigenvalue weighted by atomic mass is 127. The predicted octanol–water partition coefficient (Wildman–Crippen LogP) is 3.69. The number of likely N-dealkylation sites (tertiary alicyclic amines) is 1. The van der Waals surface area contributed by atoms with E-state index in [2.05, 4.69) is 39.9 Å². The molecule has 2 N–H and O–H groups in total. The number of halogens is 1. The summed E-state index contributed by atoms with van der Waals surface area (Å²) >= 11 is 0. The summed E-state index contributed by atoms with van der Waals surface area (Å²) in [6.07, 6.45) is 5.76. The third-order valence-electron chi connectivity index (χ3n) is 5.84. The van der Waals surface area contributed by atoms with E-state index in [-0.39, 0.29) is 42.0 Å². The molecule has 0 bridgehead atoms. The molecule has 168 valence electrons. The Bertz CT molecular complexity index is 687. The number of guanidine groups is 1. The second-order valence-corrected chi connectivity index (χ2v) is 8.50. The molecule has 1 atom stereocenters. The summed E-state index contributed by atoms with van der Waals surface area (Å²) in [6.45, 7) is 7.08. The van der Waals surface area contributed by atoms with Gasteiger partial charge in [0.1, 0.15) is 0 Å². The van der Waals surface area contributed by atoms with E-state index >= 15 is 0 Å². The zero-order chi connectivity index (χ0) is 20.6. The van der Waals surface area contributed by atoms with Crippen molar-refractivity contribution in [1.29, 1.82) is 0 Å². The number of nitrogens with zero attached hydrogens (tertiary/aromatic N) is 2. The molecule has 1 aromatic carbocycles. The second kappa shape index (κ2) is 12.5. The third-order valence-corrected chi connectivity index (χ3v) is 5.84. The third kappa shape index (κ3) is 7.41. The maximum atomic E-state index is 12.6. The summed E-state index contributed by atoms with van der Waals surface area (Å²) in [7, 11) is 1.79. The molecule has 1 saturated heterocycles. The maximum Gasteiger partial charge on any atom is 0.225 e. The zero-order valence-corrected chi connectivity index (χ0v) is 20.9. The zero-order valence-electron chi connectivity index (χ0n) is 18.5. The molecule has 3 rings (SSSR count). The summed E-state index contributed by atoms with van der Waals surface area (Å²) < 4.78 is 5.64. The molecule has 1 heterocycles. The minimum Gasteiger partial charge on any atom is -0.374 e. The van der Waals surface area contributed by atoms with Gasteiger partial charge in [0.25, 0.3) is 0 Å². The lowest BCUT2D eigenvalue weighted by Crippen LogP contribution is -2.45. The Morgan fingerprint density at radius 3 is 2.47 bits per heavy atom. The van der Waals surface area contributed by atoms with Gasteiger partial charge in [0.15, 0.2) is 5.96 Å². The van der Waals surface area contributed by atoms with Gasteiger partial charge in [-0.15, -0.1) is 24.0 Å². The molecule has 1 aliphatic heterocycles. The lowest BCUT2D eigenvalue weighted by molar-refractivity contribution is -0.134. The SMILES string of the molecule is CN=C(NCc1ccc(COC(C)C)cc1)NC1CCN(C(=O)C2CCCC2)C1.I. The molecule has 7 heteroatoms. The van der Waals surface area contributed by atoms with E-state index < -0.39 is 0 Å². The molecule has 0 radical (unpaired) electrons. The largest absolute Gasteiger partial charge is 0.374 e. The van der Waals surface area contributed by atoms with Crippen LogP contribution in [0.25, 0.3) is 0 Å². The van der Waals surface area contributed by atoms with E-state index in [1.54, 1.807) is 7.05 Å². The summed E-state index contributed by atoms with van der Waals surface area (Å²) in [6, 6.07) is 8.73. The van der Waals surface area contributed by atoms with E-state index in [1.165, 1.54) is 24.0 Å². The number of hydrogen-bond acceptors (Lipinski definition) is 3. The van der Waals surface area contributed by atoms with Crippen molar-refractivity contribution in [2.24, 2.45) is 10.9 Å². The highest BCUT2D eigenvalue weighted by molar-refractivity contribution is 14.0. The van der Waals surface area contributed by atoms with Crippen molar-refractivity contribution in [2.75, 3.05) is 20.1 Å². The number of carbonyl (C=O) groups excluding carboxylic acids is 1. The number of hydrogen-bond donors (Lipinski definition) is 2. The Hall–Kier alpha value is -1.35. The van der Waals surface area contributed by atoms with E-state index in [1.807, 2.05) is 18.7 Å². The van der Waals surface area contributed by atoms with Crippen LogP contribution < -0.4 is 10.6 Å². The summed E-state index contributed by atoms with van der Waals surface area (Å²) in [5.74, 6) is 1.41. The number of rotatable bonds is 7. The molecule has 0 spiro atoms. The van der Waals surface area contributed by atoms with Crippen molar-refractivity contribution in [3.63, 3.8) is 0 Å². The molecule has 1 unspecified atom stereocenters. The van der Waals surface area contributed by atoms with Gasteiger partial charge >= 0.3 is 0 Å². The molecule has 2 aliphatic rings. The van der Waals surface area contributed by atoms with Gasteiger partial charge in [0.05, 0.1) is 12.7 Å². The Morgan fingerprint density at radius 2 is 1.83 bits per heavy atom. The van der Waals surface area contributed by atoms with Gasteiger partial charge in [0, 0.05) is 38.6 Å². The fraction of sp³-hybridized carbons (Fsp3) is 0.652. The van der Waals surface area contributed by atoms with Gasteiger partial charge in [-0.3, -0.25) is 9.79 Å². The fourth-order valence-corrected chi connectivity index (χ4v) is 4.10. The van der Waals surface area contributed by atoms with Crippen LogP contribution in [0.15, 0.2) is 29.3 Å². The molecule has 1 saturated carbocycles. The highest BCUT2D eigenvalue weighted by Crippen LogP contribution is 2.27. The average molecular weight is 528 g/mol. The van der Waals surface area contributed by atoms with Gasteiger partial charge < -0.3 is 20.3 Å². The number of carbonyl (C=O) groups is 1. The van der Waals surface area contributed by atoms with Crippen LogP contribution in [-0.2, 0) is 22.7 Å². The predicted molar refractivity (Wildman–Crippen MR) is 132 cm³/mol. The van der Waals surface area contributed by atoms with Crippen LogP contribution in [0.1, 0.15) is 57.1 Å². The van der Waals surface area contributed by atoms with E-state index in [0.29, 0.717) is 19.1 Å². The van der Waals surface area contributed by atoms with Crippen LogP contribution in [0, 0.1) is 5.92 Å². The van der Waals surface area contributed by atoms with E-state index in [4.69, 9.17) is 4.74 Å². The quantitative estimate of drug-likeness (QED) is 0.322. The molecule has 6 nitrogen and oxygen atoms in total. The number of aliphatic imine (C=N–C) groups is 1. The highest BCUT2D eigenvalue weighted by Gasteiger charge is 2.32. The maximum absolute atomic E-state index is 12.6. The first-order valence-electron chi connectivity index (χ1n) is 11.0. The lowest BCUT2D eigenvalue weighted by atomic mass is 10.1. The summed E-state index contributed by atoms with van der Waals surface area (Å²) in [5.41, 5.74) is 2.38. The molecular formula is C23H37IN4O2. The van der Waals surface area contributed by atoms with Crippen LogP contribution >= 0.6 is 24.0 Å². The van der Waals surface area contributed by atoms with Crippen molar-refractivity contribution in [3.8, 4) is 0 Å². The average Bonchev–Trinajstić information content (AvgIpc) is 3.42. The van der Waals surface area contributed by atoms with Gasteiger partial charge in [-0.05, 0) is 44.2 Å². The number of ether oxygens (including phenoxy) is 1. The smallest absolute Gasteiger partial charge is 0.225 e. The van der Waals surface area contributed by atoms with Gasteiger partial charge in [-0.2, -0.15) is 0 Å². The Morgan fingerprint density at radius 1 is 1.17 bits per heavy atom. The molecule has 1 amide bonds. The molecule has 30 heavy (non-hydrogen) atoms. The van der Waals surface area contributed by atoms with Gasteiger partial charge in [-0.1, -0.05) is 37.1 Å². The van der Waals surface area contributed by atoms with Crippen molar-refractivity contribution >= 4 is 35.8 Å². The van der Waals surface area contributed by atoms with E-state index in [0.717, 1.165) is 38.3 Å². The number of nitrogens with one attached hydrogen (secondary N) is 2. The normalized spacial score (nSPS) is 19.8. The molecular weight excluding hydrogens is 491 g/mol. The second-order valence-electron chi connectivity index (χ2n) is 8.50. The van der Waals surface area contributed by atoms with Crippen LogP contribution in [0.4, 0.5) is 0 Å². The first-order chi connectivity index (χ1) is 14.0. The molecule has 1 aliphatic carbocycles. The monoisotopic (exact) mass is 528 g/mol. The van der Waals surface area contributed by atoms with Crippen LogP contribution in [-0.4, -0.2) is 49.0 Å². The van der Waals surface area contributed by atoms with Crippen LogP contribution in [0.3, 0.4) is 0 Å². The number of benzene rings is 1. The number of amides is 1. The molecule has 0 aromatic heterocycles. The van der Waals surface area contributed by atoms with Crippen LogP contribution in [0.5, 0.6) is 0 Å². The Labute approximate surface area is 198 Å². The van der Waals surface area contributed by atoms with Crippen molar-refractivity contribution < 1.29 is 9.53 Å². The topological polar surface area (TPSA) is 66.0 Å². The van der Waals surface area contributed by atoms with Gasteiger partial charge in [0.2, 0.25) is 5.91 Å². The Balaban J connectivity index is 0.00000320. The lowest BCUT2D eigenvalue weighted by Gasteiger charge is -2.21. The van der Waals surface area contributed by atoms with Crippen molar-refractivity contribution in [1.82, 2.24) is 15.5 Å². The fourth-order valence-electron chi connectivity index (χ4n) is 4.10. The molecule has 1 aromatic rings. The van der Waals surface area contributed by atoms with Crippen molar-refractivity contribution in [3.05, 3.63) is 35.4 Å². The minimum absolute atomic E-state index is 0. The molecule has 2 fully saturated rings. The summed E-state index contributed by atoms with van der Waals surface area (Å²) in [5, 5.41) is 6.87. The standard InChI is InChI=1S/C23H36N4O2.HI/c1-17(2)29-16-19-10-8-18(9-11-19)14-25-23(24-3)26-21-12-13-27(15-21)22(28)20-6-4-5-7-20;/h8-11,17,20-21H,4-7,12-16H2,1-3H3,(H2,24,25,26);1H. The van der Waals surface area contributed by atoms with Crippen LogP contribution in [0.2, 0.25) is 0 Å². The minimum atomic E-state index is 0. The van der Waals surface area contributed by atoms with E-state index in [9.17, 15) is 4.79 Å².